The van der Waals surface area contributed by atoms with Gasteiger partial charge >= 0.3 is 5.97 Å². The zero-order chi connectivity index (χ0) is 29.8. The molecule has 212 valence electrons. The second kappa shape index (κ2) is 12.1. The van der Waals surface area contributed by atoms with E-state index in [0.29, 0.717) is 28.0 Å². The summed E-state index contributed by atoms with van der Waals surface area (Å²) in [6.45, 7) is 6.35. The SMILES string of the molecule is COc1cc(C)c(-c2nc3ccccc3c(=O)n2N=Cc2cccc(OCc3cccc(C(=O)O)c3)c2)cc1C(C)C. The molecule has 1 N–H and O–H groups in total. The van der Waals surface area contributed by atoms with Gasteiger partial charge in [0.25, 0.3) is 5.56 Å². The van der Waals surface area contributed by atoms with Crippen LogP contribution in [0.3, 0.4) is 0 Å². The van der Waals surface area contributed by atoms with Crippen molar-refractivity contribution in [2.75, 3.05) is 7.11 Å². The number of methoxy groups -OCH3 is 1. The molecule has 0 saturated carbocycles. The number of benzene rings is 4. The van der Waals surface area contributed by atoms with Crippen molar-refractivity contribution in [3.63, 3.8) is 0 Å². The second-order valence-corrected chi connectivity index (χ2v) is 10.2. The Morgan fingerprint density at radius 3 is 2.57 bits per heavy atom. The highest BCUT2D eigenvalue weighted by atomic mass is 16.5. The summed E-state index contributed by atoms with van der Waals surface area (Å²) in [6, 6.07) is 25.1. The molecule has 0 amide bonds. The van der Waals surface area contributed by atoms with Crippen molar-refractivity contribution in [3.8, 4) is 22.9 Å². The van der Waals surface area contributed by atoms with Gasteiger partial charge in [-0.15, -0.1) is 0 Å². The molecule has 1 heterocycles. The van der Waals surface area contributed by atoms with Crippen LogP contribution >= 0.6 is 0 Å². The molecule has 8 nitrogen and oxygen atoms in total. The van der Waals surface area contributed by atoms with Crippen LogP contribution in [0, 0.1) is 6.92 Å². The molecule has 0 radical (unpaired) electrons. The van der Waals surface area contributed by atoms with Crippen LogP contribution < -0.4 is 15.0 Å². The number of rotatable bonds is 9. The number of ether oxygens (including phenoxy) is 2. The molecule has 0 aliphatic rings. The predicted octanol–water partition coefficient (Wildman–Crippen LogP) is 6.66. The maximum absolute atomic E-state index is 13.7. The minimum absolute atomic E-state index is 0.192. The number of aromatic carboxylic acids is 1. The van der Waals surface area contributed by atoms with Crippen molar-refractivity contribution < 1.29 is 19.4 Å². The lowest BCUT2D eigenvalue weighted by atomic mass is 9.96. The zero-order valence-corrected chi connectivity index (χ0v) is 23.9. The normalized spacial score (nSPS) is 11.4. The summed E-state index contributed by atoms with van der Waals surface area (Å²) in [7, 11) is 1.65. The highest BCUT2D eigenvalue weighted by Gasteiger charge is 2.18. The molecule has 0 atom stereocenters. The summed E-state index contributed by atoms with van der Waals surface area (Å²) in [5, 5.41) is 14.3. The van der Waals surface area contributed by atoms with Crippen LogP contribution in [-0.4, -0.2) is 34.1 Å². The van der Waals surface area contributed by atoms with Gasteiger partial charge in [-0.3, -0.25) is 4.79 Å². The van der Waals surface area contributed by atoms with E-state index in [1.165, 1.54) is 10.7 Å². The molecule has 0 saturated heterocycles. The van der Waals surface area contributed by atoms with Crippen molar-refractivity contribution in [1.29, 1.82) is 0 Å². The molecule has 42 heavy (non-hydrogen) atoms. The molecule has 0 aliphatic carbocycles. The molecule has 0 unspecified atom stereocenters. The van der Waals surface area contributed by atoms with Crippen LogP contribution in [-0.2, 0) is 6.61 Å². The number of carboxylic acids is 1. The Hall–Kier alpha value is -5.24. The quantitative estimate of drug-likeness (QED) is 0.202. The van der Waals surface area contributed by atoms with Crippen LogP contribution in [0.2, 0.25) is 0 Å². The lowest BCUT2D eigenvalue weighted by molar-refractivity contribution is 0.0696. The maximum atomic E-state index is 13.7. The van der Waals surface area contributed by atoms with Gasteiger partial charge in [0, 0.05) is 5.56 Å². The van der Waals surface area contributed by atoms with Gasteiger partial charge in [-0.25, -0.2) is 9.78 Å². The van der Waals surface area contributed by atoms with Gasteiger partial charge in [-0.05, 0) is 83.6 Å². The Labute approximate surface area is 243 Å². The van der Waals surface area contributed by atoms with Crippen LogP contribution in [0.4, 0.5) is 0 Å². The molecule has 0 spiro atoms. The highest BCUT2D eigenvalue weighted by molar-refractivity contribution is 5.87. The number of para-hydroxylation sites is 1. The number of aromatic nitrogens is 2. The summed E-state index contributed by atoms with van der Waals surface area (Å²) in [4.78, 5) is 29.9. The van der Waals surface area contributed by atoms with Gasteiger partial charge in [0.15, 0.2) is 5.82 Å². The second-order valence-electron chi connectivity index (χ2n) is 10.2. The van der Waals surface area contributed by atoms with E-state index in [1.807, 2.05) is 61.5 Å². The number of carbonyl (C=O) groups is 1. The molecule has 4 aromatic carbocycles. The first-order valence-corrected chi connectivity index (χ1v) is 13.6. The largest absolute Gasteiger partial charge is 0.496 e. The van der Waals surface area contributed by atoms with Crippen LogP contribution in [0.15, 0.2) is 94.8 Å². The Balaban J connectivity index is 1.53. The minimum Gasteiger partial charge on any atom is -0.496 e. The summed E-state index contributed by atoms with van der Waals surface area (Å²) in [5.74, 6) is 1.01. The Kier molecular flexibility index (Phi) is 8.15. The van der Waals surface area contributed by atoms with E-state index in [0.717, 1.165) is 28.0 Å². The third kappa shape index (κ3) is 5.93. The number of aryl methyl sites for hydroxylation is 1. The van der Waals surface area contributed by atoms with Gasteiger partial charge < -0.3 is 14.6 Å². The van der Waals surface area contributed by atoms with Gasteiger partial charge in [0.05, 0.1) is 29.8 Å². The molecular weight excluding hydrogens is 530 g/mol. The molecule has 0 bridgehead atoms. The van der Waals surface area contributed by atoms with Gasteiger partial charge in [0.1, 0.15) is 18.1 Å². The highest BCUT2D eigenvalue weighted by Crippen LogP contribution is 2.34. The summed E-state index contributed by atoms with van der Waals surface area (Å²) >= 11 is 0. The number of carboxylic acid groups (broad SMARTS) is 1. The van der Waals surface area contributed by atoms with E-state index in [9.17, 15) is 14.7 Å². The summed E-state index contributed by atoms with van der Waals surface area (Å²) < 4.78 is 12.9. The minimum atomic E-state index is -0.988. The molecule has 0 aliphatic heterocycles. The van der Waals surface area contributed by atoms with E-state index in [1.54, 1.807) is 37.6 Å². The van der Waals surface area contributed by atoms with E-state index in [2.05, 4.69) is 18.9 Å². The fourth-order valence-corrected chi connectivity index (χ4v) is 4.74. The third-order valence-electron chi connectivity index (χ3n) is 6.95. The van der Waals surface area contributed by atoms with Crippen molar-refractivity contribution in [2.24, 2.45) is 5.10 Å². The average Bonchev–Trinajstić information content (AvgIpc) is 2.99. The summed E-state index contributed by atoms with van der Waals surface area (Å²) in [5.41, 5.74) is 4.68. The first kappa shape index (κ1) is 28.3. The van der Waals surface area contributed by atoms with Crippen LogP contribution in [0.5, 0.6) is 11.5 Å². The number of hydrogen-bond donors (Lipinski definition) is 1. The monoisotopic (exact) mass is 561 g/mol. The Bertz CT molecular complexity index is 1870. The van der Waals surface area contributed by atoms with Gasteiger partial charge in [-0.1, -0.05) is 50.2 Å². The van der Waals surface area contributed by atoms with E-state index >= 15 is 0 Å². The van der Waals surface area contributed by atoms with Crippen LogP contribution in [0.1, 0.15) is 52.4 Å². The van der Waals surface area contributed by atoms with Crippen molar-refractivity contribution in [2.45, 2.75) is 33.3 Å². The van der Waals surface area contributed by atoms with Crippen molar-refractivity contribution >= 4 is 23.1 Å². The standard InChI is InChI=1S/C34H31N3O5/c1-21(2)28-18-29(22(3)15-31(28)41-4)32-36-30-14-6-5-13-27(30)33(38)37(32)35-19-23-9-8-12-26(17-23)42-20-24-10-7-11-25(16-24)34(39)40/h5-19,21H,20H2,1-4H3,(H,39,40). The third-order valence-corrected chi connectivity index (χ3v) is 6.95. The lowest BCUT2D eigenvalue weighted by Gasteiger charge is -2.17. The number of fused-ring (bicyclic) bond motifs is 1. The molecule has 0 fully saturated rings. The van der Waals surface area contributed by atoms with E-state index < -0.39 is 5.97 Å². The van der Waals surface area contributed by atoms with Gasteiger partial charge in [0.2, 0.25) is 0 Å². The Morgan fingerprint density at radius 2 is 1.81 bits per heavy atom. The Morgan fingerprint density at radius 1 is 1.02 bits per heavy atom. The van der Waals surface area contributed by atoms with E-state index in [4.69, 9.17) is 14.5 Å². The predicted molar refractivity (Wildman–Crippen MR) is 164 cm³/mol. The van der Waals surface area contributed by atoms with Crippen LogP contribution in [0.25, 0.3) is 22.3 Å². The maximum Gasteiger partial charge on any atom is 0.335 e. The van der Waals surface area contributed by atoms with Crippen molar-refractivity contribution in [3.05, 3.63) is 123 Å². The molecule has 1 aromatic heterocycles. The average molecular weight is 562 g/mol. The topological polar surface area (TPSA) is 103 Å². The van der Waals surface area contributed by atoms with Crippen molar-refractivity contribution in [1.82, 2.24) is 9.66 Å². The molecule has 5 rings (SSSR count). The first-order valence-electron chi connectivity index (χ1n) is 13.6. The number of nitrogens with zero attached hydrogens (tertiary/aromatic N) is 3. The fourth-order valence-electron chi connectivity index (χ4n) is 4.74. The molecular formula is C34H31N3O5. The first-order chi connectivity index (χ1) is 20.2. The smallest absolute Gasteiger partial charge is 0.335 e. The van der Waals surface area contributed by atoms with E-state index in [-0.39, 0.29) is 23.6 Å². The lowest BCUT2D eigenvalue weighted by Crippen LogP contribution is -2.20. The summed E-state index contributed by atoms with van der Waals surface area (Å²) in [6.07, 6.45) is 1.60. The zero-order valence-electron chi connectivity index (χ0n) is 23.9. The fraction of sp³-hybridized carbons (Fsp3) is 0.176. The number of hydrogen-bond acceptors (Lipinski definition) is 6. The van der Waals surface area contributed by atoms with Gasteiger partial charge in [-0.2, -0.15) is 9.78 Å². The molecule has 5 aromatic rings. The molecule has 8 heteroatoms.